The molecule has 0 unspecified atom stereocenters. The van der Waals surface area contributed by atoms with Crippen LogP contribution >= 0.6 is 11.6 Å². The highest BCUT2D eigenvalue weighted by Crippen LogP contribution is 2.24. The number of carbonyl (C=O) groups excluding carboxylic acids is 1. The lowest BCUT2D eigenvalue weighted by Gasteiger charge is -2.10. The Hall–Kier alpha value is -2.07. The average Bonchev–Trinajstić information content (AvgIpc) is 2.48. The summed E-state index contributed by atoms with van der Waals surface area (Å²) >= 11 is 5.80. The first-order valence-electron chi connectivity index (χ1n) is 5.84. The lowest BCUT2D eigenvalue weighted by molar-refractivity contribution is 0.111. The van der Waals surface area contributed by atoms with Gasteiger partial charge in [-0.2, -0.15) is 0 Å². The van der Waals surface area contributed by atoms with Crippen LogP contribution in [-0.2, 0) is 6.61 Å². The quantitative estimate of drug-likeness (QED) is 0.785. The van der Waals surface area contributed by atoms with Crippen LogP contribution in [0.4, 0.5) is 4.39 Å². The molecule has 0 heterocycles. The van der Waals surface area contributed by atoms with Gasteiger partial charge in [0.15, 0.2) is 6.29 Å². The van der Waals surface area contributed by atoms with Gasteiger partial charge in [-0.05, 0) is 36.4 Å². The number of halogens is 2. The van der Waals surface area contributed by atoms with Crippen LogP contribution in [0, 0.1) is 5.82 Å². The van der Waals surface area contributed by atoms with Crippen molar-refractivity contribution < 1.29 is 18.7 Å². The van der Waals surface area contributed by atoms with E-state index in [0.717, 1.165) is 0 Å². The highest BCUT2D eigenvalue weighted by molar-refractivity contribution is 6.30. The van der Waals surface area contributed by atoms with Crippen molar-refractivity contribution in [2.24, 2.45) is 0 Å². The maximum atomic E-state index is 13.5. The van der Waals surface area contributed by atoms with Crippen LogP contribution in [0.3, 0.4) is 0 Å². The first kappa shape index (κ1) is 14.3. The molecule has 0 atom stereocenters. The number of aldehydes is 1. The minimum Gasteiger partial charge on any atom is -0.497 e. The van der Waals surface area contributed by atoms with Gasteiger partial charge >= 0.3 is 0 Å². The van der Waals surface area contributed by atoms with Gasteiger partial charge in [0, 0.05) is 10.6 Å². The summed E-state index contributed by atoms with van der Waals surface area (Å²) in [5, 5.41) is 0.426. The summed E-state index contributed by atoms with van der Waals surface area (Å²) < 4.78 is 24.0. The van der Waals surface area contributed by atoms with E-state index in [-0.39, 0.29) is 6.61 Å². The molecule has 20 heavy (non-hydrogen) atoms. The highest BCUT2D eigenvalue weighted by Gasteiger charge is 2.08. The van der Waals surface area contributed by atoms with E-state index in [0.29, 0.717) is 33.9 Å². The van der Waals surface area contributed by atoms with Crippen LogP contribution in [0.1, 0.15) is 15.9 Å². The van der Waals surface area contributed by atoms with Gasteiger partial charge in [-0.25, -0.2) is 4.39 Å². The molecule has 0 aromatic heterocycles. The van der Waals surface area contributed by atoms with Crippen LogP contribution in [0.5, 0.6) is 11.5 Å². The Labute approximate surface area is 120 Å². The average molecular weight is 295 g/mol. The van der Waals surface area contributed by atoms with E-state index >= 15 is 0 Å². The zero-order valence-corrected chi connectivity index (χ0v) is 11.5. The number of ether oxygens (including phenoxy) is 2. The molecule has 0 N–H and O–H groups in total. The van der Waals surface area contributed by atoms with Gasteiger partial charge in [0.2, 0.25) is 0 Å². The summed E-state index contributed by atoms with van der Waals surface area (Å²) in [6.07, 6.45) is 0.659. The Morgan fingerprint density at radius 3 is 2.75 bits per heavy atom. The van der Waals surface area contributed by atoms with E-state index < -0.39 is 5.82 Å². The minimum atomic E-state index is -0.407. The van der Waals surface area contributed by atoms with Crippen molar-refractivity contribution >= 4 is 17.9 Å². The predicted molar refractivity (Wildman–Crippen MR) is 74.1 cm³/mol. The number of carbonyl (C=O) groups is 1. The van der Waals surface area contributed by atoms with E-state index in [1.54, 1.807) is 18.2 Å². The van der Waals surface area contributed by atoms with E-state index in [9.17, 15) is 9.18 Å². The molecule has 2 rings (SSSR count). The van der Waals surface area contributed by atoms with Gasteiger partial charge in [-0.15, -0.1) is 0 Å². The lowest BCUT2D eigenvalue weighted by atomic mass is 10.2. The smallest absolute Gasteiger partial charge is 0.153 e. The highest BCUT2D eigenvalue weighted by atomic mass is 35.5. The van der Waals surface area contributed by atoms with Crippen LogP contribution in [-0.4, -0.2) is 13.4 Å². The Morgan fingerprint density at radius 1 is 1.25 bits per heavy atom. The van der Waals surface area contributed by atoms with Crippen molar-refractivity contribution in [2.45, 2.75) is 6.61 Å². The van der Waals surface area contributed by atoms with E-state index in [1.165, 1.54) is 25.3 Å². The third-order valence-corrected chi connectivity index (χ3v) is 2.97. The topological polar surface area (TPSA) is 35.5 Å². The number of benzene rings is 2. The second-order valence-electron chi connectivity index (χ2n) is 4.05. The molecule has 0 aliphatic rings. The van der Waals surface area contributed by atoms with Crippen LogP contribution in [0.25, 0.3) is 0 Å². The normalized spacial score (nSPS) is 10.2. The Balaban J connectivity index is 2.18. The second-order valence-corrected chi connectivity index (χ2v) is 4.48. The fourth-order valence-electron chi connectivity index (χ4n) is 1.69. The predicted octanol–water partition coefficient (Wildman–Crippen LogP) is 3.88. The van der Waals surface area contributed by atoms with Gasteiger partial charge in [0.25, 0.3) is 0 Å². The van der Waals surface area contributed by atoms with E-state index in [1.807, 2.05) is 0 Å². The van der Waals surface area contributed by atoms with Crippen molar-refractivity contribution in [1.29, 1.82) is 0 Å². The van der Waals surface area contributed by atoms with E-state index in [2.05, 4.69) is 0 Å². The Bertz CT molecular complexity index is 629. The van der Waals surface area contributed by atoms with Crippen LogP contribution < -0.4 is 9.47 Å². The summed E-state index contributed by atoms with van der Waals surface area (Å²) in [5.41, 5.74) is 0.664. The zero-order chi connectivity index (χ0) is 14.5. The molecule has 0 saturated carbocycles. The summed E-state index contributed by atoms with van der Waals surface area (Å²) in [7, 11) is 1.51. The summed E-state index contributed by atoms with van der Waals surface area (Å²) in [6, 6.07) is 9.04. The fourth-order valence-corrected chi connectivity index (χ4v) is 1.88. The molecule has 0 bridgehead atoms. The molecule has 0 fully saturated rings. The summed E-state index contributed by atoms with van der Waals surface area (Å²) in [5.74, 6) is 0.504. The molecular weight excluding hydrogens is 283 g/mol. The number of hydrogen-bond acceptors (Lipinski definition) is 3. The number of hydrogen-bond donors (Lipinski definition) is 0. The molecule has 104 valence electrons. The maximum Gasteiger partial charge on any atom is 0.153 e. The first-order valence-corrected chi connectivity index (χ1v) is 6.22. The second kappa shape index (κ2) is 6.39. The number of methoxy groups -OCH3 is 1. The third kappa shape index (κ3) is 3.27. The van der Waals surface area contributed by atoms with Crippen molar-refractivity contribution in [3.05, 3.63) is 58.4 Å². The standard InChI is InChI=1S/C15H12ClFO3/c1-19-13-3-5-15(10(7-13)8-18)20-9-11-6-12(16)2-4-14(11)17/h2-8H,9H2,1H3. The molecule has 0 radical (unpaired) electrons. The molecule has 0 aliphatic carbocycles. The zero-order valence-electron chi connectivity index (χ0n) is 10.7. The summed E-state index contributed by atoms with van der Waals surface area (Å²) in [6.45, 7) is -0.0143. The molecule has 5 heteroatoms. The minimum absolute atomic E-state index is 0.0143. The van der Waals surface area contributed by atoms with Crippen LogP contribution in [0.15, 0.2) is 36.4 Å². The molecule has 0 amide bonds. The van der Waals surface area contributed by atoms with Gasteiger partial charge in [-0.3, -0.25) is 4.79 Å². The third-order valence-electron chi connectivity index (χ3n) is 2.73. The fraction of sp³-hybridized carbons (Fsp3) is 0.133. The van der Waals surface area contributed by atoms with Gasteiger partial charge in [0.1, 0.15) is 23.9 Å². The van der Waals surface area contributed by atoms with E-state index in [4.69, 9.17) is 21.1 Å². The van der Waals surface area contributed by atoms with Crippen LogP contribution in [0.2, 0.25) is 5.02 Å². The molecular formula is C15H12ClFO3. The van der Waals surface area contributed by atoms with Gasteiger partial charge < -0.3 is 9.47 Å². The summed E-state index contributed by atoms with van der Waals surface area (Å²) in [4.78, 5) is 11.0. The molecule has 0 aliphatic heterocycles. The Morgan fingerprint density at radius 2 is 2.05 bits per heavy atom. The molecule has 2 aromatic rings. The molecule has 2 aromatic carbocycles. The Kier molecular flexibility index (Phi) is 4.58. The maximum absolute atomic E-state index is 13.5. The lowest BCUT2D eigenvalue weighted by Crippen LogP contribution is -2.01. The first-order chi connectivity index (χ1) is 9.63. The molecule has 0 spiro atoms. The largest absolute Gasteiger partial charge is 0.497 e. The monoisotopic (exact) mass is 294 g/mol. The van der Waals surface area contributed by atoms with Gasteiger partial charge in [-0.1, -0.05) is 11.6 Å². The SMILES string of the molecule is COc1ccc(OCc2cc(Cl)ccc2F)c(C=O)c1. The van der Waals surface area contributed by atoms with Crippen molar-refractivity contribution in [3.8, 4) is 11.5 Å². The molecule has 3 nitrogen and oxygen atoms in total. The molecule has 0 saturated heterocycles. The van der Waals surface area contributed by atoms with Gasteiger partial charge in [0.05, 0.1) is 12.7 Å². The van der Waals surface area contributed by atoms with Crippen molar-refractivity contribution in [3.63, 3.8) is 0 Å². The number of rotatable bonds is 5. The van der Waals surface area contributed by atoms with Crippen molar-refractivity contribution in [1.82, 2.24) is 0 Å². The van der Waals surface area contributed by atoms with Crippen molar-refractivity contribution in [2.75, 3.05) is 7.11 Å².